The average molecular weight is 445 g/mol. The van der Waals surface area contributed by atoms with Gasteiger partial charge in [-0.25, -0.2) is 0 Å². The Morgan fingerprint density at radius 2 is 1.30 bits per heavy atom. The number of hydrogen-bond donors (Lipinski definition) is 0. The van der Waals surface area contributed by atoms with E-state index in [-0.39, 0.29) is 0 Å². The number of ether oxygens (including phenoxy) is 2. The predicted molar refractivity (Wildman–Crippen MR) is 105 cm³/mol. The normalized spacial score (nSPS) is 14.3. The third kappa shape index (κ3) is 4.59. The van der Waals surface area contributed by atoms with Crippen molar-refractivity contribution in [2.75, 3.05) is 13.2 Å². The summed E-state index contributed by atoms with van der Waals surface area (Å²) in [4.78, 5) is 1.35. The van der Waals surface area contributed by atoms with Gasteiger partial charge in [-0.1, -0.05) is 0 Å². The van der Waals surface area contributed by atoms with Crippen molar-refractivity contribution in [2.24, 2.45) is 0 Å². The summed E-state index contributed by atoms with van der Waals surface area (Å²) < 4.78 is 18.3. The van der Waals surface area contributed by atoms with Crippen LogP contribution in [0.3, 0.4) is 0 Å². The van der Waals surface area contributed by atoms with Crippen LogP contribution in [0, 0.1) is 6.92 Å². The fourth-order valence-electron chi connectivity index (χ4n) is 3.70. The number of thiophene rings is 1. The van der Waals surface area contributed by atoms with Crippen molar-refractivity contribution < 1.29 is 9.47 Å². The minimum atomic E-state index is -2.39. The molecule has 0 unspecified atom stereocenters. The number of unbranched alkanes of at least 4 members (excludes halogenated alkanes) is 3. The summed E-state index contributed by atoms with van der Waals surface area (Å²) in [6, 6.07) is 0. The van der Waals surface area contributed by atoms with Crippen LogP contribution >= 0.6 is 11.3 Å². The van der Waals surface area contributed by atoms with Crippen LogP contribution in [0.1, 0.15) is 64.2 Å². The van der Waals surface area contributed by atoms with Gasteiger partial charge in [-0.05, 0) is 0 Å². The van der Waals surface area contributed by atoms with Gasteiger partial charge in [0, 0.05) is 0 Å². The van der Waals surface area contributed by atoms with E-state index in [0.29, 0.717) is 6.61 Å². The molecule has 2 heterocycles. The van der Waals surface area contributed by atoms with E-state index in [4.69, 9.17) is 9.47 Å². The second-order valence-corrected chi connectivity index (χ2v) is 22.2. The van der Waals surface area contributed by atoms with E-state index in [9.17, 15) is 0 Å². The summed E-state index contributed by atoms with van der Waals surface area (Å²) in [5.41, 5.74) is 0. The van der Waals surface area contributed by atoms with Gasteiger partial charge in [0.05, 0.1) is 0 Å². The maximum atomic E-state index is 6.16. The number of aryl methyl sites for hydroxylation is 1. The summed E-state index contributed by atoms with van der Waals surface area (Å²) in [6.45, 7) is 10.7. The fourth-order valence-corrected chi connectivity index (χ4v) is 24.7. The molecule has 2 rings (SSSR count). The monoisotopic (exact) mass is 446 g/mol. The molecule has 1 aromatic heterocycles. The Balaban J connectivity index is 2.41. The molecule has 4 heteroatoms. The molecule has 1 aliphatic rings. The first-order valence-electron chi connectivity index (χ1n) is 9.58. The molecule has 23 heavy (non-hydrogen) atoms. The molecule has 0 aliphatic carbocycles. The van der Waals surface area contributed by atoms with Gasteiger partial charge in [0.25, 0.3) is 0 Å². The summed E-state index contributed by atoms with van der Waals surface area (Å²) in [5, 5.41) is 0. The van der Waals surface area contributed by atoms with Gasteiger partial charge in [-0.15, -0.1) is 0 Å². The fraction of sp³-hybridized carbons (Fsp3) is 0.789. The first-order chi connectivity index (χ1) is 11.2. The van der Waals surface area contributed by atoms with E-state index < -0.39 is 18.4 Å². The van der Waals surface area contributed by atoms with Gasteiger partial charge >= 0.3 is 151 Å². The Morgan fingerprint density at radius 3 is 1.78 bits per heavy atom. The van der Waals surface area contributed by atoms with E-state index in [2.05, 4.69) is 27.7 Å². The first-order valence-corrected chi connectivity index (χ1v) is 17.9. The average Bonchev–Trinajstić information content (AvgIpc) is 2.93. The molecule has 0 amide bonds. The molecule has 1 aliphatic heterocycles. The van der Waals surface area contributed by atoms with Crippen molar-refractivity contribution in [2.45, 2.75) is 79.5 Å². The summed E-state index contributed by atoms with van der Waals surface area (Å²) in [6.07, 6.45) is 8.16. The molecule has 0 spiro atoms. The van der Waals surface area contributed by atoms with Crippen molar-refractivity contribution in [3.05, 3.63) is 4.88 Å². The van der Waals surface area contributed by atoms with Crippen LogP contribution in [-0.4, -0.2) is 31.6 Å². The predicted octanol–water partition coefficient (Wildman–Crippen LogP) is 5.88. The summed E-state index contributed by atoms with van der Waals surface area (Å²) in [5.74, 6) is 2.26. The Kier molecular flexibility index (Phi) is 8.06. The molecule has 0 radical (unpaired) electrons. The van der Waals surface area contributed by atoms with Crippen LogP contribution in [0.5, 0.6) is 11.5 Å². The Hall–Kier alpha value is 0.0987. The van der Waals surface area contributed by atoms with Crippen molar-refractivity contribution in [1.82, 2.24) is 0 Å². The molecular weight excluding hydrogens is 411 g/mol. The van der Waals surface area contributed by atoms with Crippen LogP contribution in [0.25, 0.3) is 0 Å². The van der Waals surface area contributed by atoms with Gasteiger partial charge in [-0.3, -0.25) is 0 Å². The maximum absolute atomic E-state index is 6.16. The molecule has 132 valence electrons. The molecule has 0 saturated carbocycles. The quantitative estimate of drug-likeness (QED) is 0.419. The topological polar surface area (TPSA) is 18.5 Å². The Labute approximate surface area is 150 Å². The minimum absolute atomic E-state index is 0.714. The van der Waals surface area contributed by atoms with Crippen LogP contribution in [0.2, 0.25) is 13.3 Å². The van der Waals surface area contributed by atoms with Gasteiger partial charge in [0.1, 0.15) is 0 Å². The van der Waals surface area contributed by atoms with Crippen LogP contribution < -0.4 is 12.4 Å². The van der Waals surface area contributed by atoms with Gasteiger partial charge in [0.15, 0.2) is 0 Å². The third-order valence-electron chi connectivity index (χ3n) is 5.07. The summed E-state index contributed by atoms with van der Waals surface area (Å²) in [7, 11) is 0. The molecule has 1 aromatic rings. The van der Waals surface area contributed by atoms with Crippen molar-refractivity contribution in [3.8, 4) is 11.5 Å². The number of rotatable bonds is 10. The van der Waals surface area contributed by atoms with Crippen molar-refractivity contribution in [3.63, 3.8) is 0 Å². The van der Waals surface area contributed by atoms with Gasteiger partial charge < -0.3 is 0 Å². The second kappa shape index (κ2) is 9.55. The summed E-state index contributed by atoms with van der Waals surface area (Å²) >= 11 is -0.357. The number of fused-ring (bicyclic) bond motifs is 1. The van der Waals surface area contributed by atoms with Crippen LogP contribution in [-0.2, 0) is 0 Å². The first kappa shape index (κ1) is 19.4. The van der Waals surface area contributed by atoms with Crippen LogP contribution in [0.4, 0.5) is 0 Å². The van der Waals surface area contributed by atoms with E-state index in [0.717, 1.165) is 12.4 Å². The van der Waals surface area contributed by atoms with Crippen molar-refractivity contribution >= 4 is 32.6 Å². The number of hydrogen-bond acceptors (Lipinski definition) is 3. The molecule has 2 nitrogen and oxygen atoms in total. The van der Waals surface area contributed by atoms with E-state index in [1.807, 2.05) is 11.3 Å². The second-order valence-electron chi connectivity index (χ2n) is 6.93. The molecule has 0 fully saturated rings. The van der Waals surface area contributed by atoms with Crippen molar-refractivity contribution in [1.29, 1.82) is 0 Å². The van der Waals surface area contributed by atoms with E-state index in [1.54, 1.807) is 2.89 Å². The van der Waals surface area contributed by atoms with Gasteiger partial charge in [-0.2, -0.15) is 0 Å². The zero-order valence-electron chi connectivity index (χ0n) is 15.5. The Bertz CT molecular complexity index is 462. The SMILES string of the molecule is CCC[CH2][Sn]([CH2]CCC)([CH2]CCC)[c]1sc(C)c2c1OCCO2. The molecule has 0 saturated heterocycles. The Morgan fingerprint density at radius 1 is 0.826 bits per heavy atom. The zero-order chi connectivity index (χ0) is 16.7. The molecule has 0 atom stereocenters. The van der Waals surface area contributed by atoms with Gasteiger partial charge in [0.2, 0.25) is 0 Å². The molecular formula is C19H34O2SSn. The molecule has 0 aromatic carbocycles. The molecule has 0 bridgehead atoms. The third-order valence-corrected chi connectivity index (χ3v) is 24.4. The zero-order valence-corrected chi connectivity index (χ0v) is 19.2. The van der Waals surface area contributed by atoms with E-state index in [1.165, 1.54) is 62.5 Å². The molecule has 0 N–H and O–H groups in total. The van der Waals surface area contributed by atoms with E-state index >= 15 is 0 Å². The standard InChI is InChI=1S/C7H7O2S.3C4H9.Sn/c1-5-7-6(4-10-5)8-2-3-9-7;3*1-3-4-2;/h2-3H2,1H3;3*1,3-4H2,2H3;. The van der Waals surface area contributed by atoms with Crippen LogP contribution in [0.15, 0.2) is 0 Å².